The average Bonchev–Trinajstić information content (AvgIpc) is 3.53. The Morgan fingerprint density at radius 2 is 1.05 bits per heavy atom. The highest BCUT2D eigenvalue weighted by atomic mass is 15.0. The summed E-state index contributed by atoms with van der Waals surface area (Å²) in [6, 6.07) is 44.4. The van der Waals surface area contributed by atoms with E-state index in [0.29, 0.717) is 17.5 Å². The summed E-state index contributed by atoms with van der Waals surface area (Å²) in [5, 5.41) is 0. The second-order valence-corrected chi connectivity index (χ2v) is 11.2. The van der Waals surface area contributed by atoms with Crippen LogP contribution in [0.3, 0.4) is 0 Å². The highest BCUT2D eigenvalue weighted by Crippen LogP contribution is 2.62. The molecule has 206 valence electrons. The van der Waals surface area contributed by atoms with E-state index < -0.39 is 5.41 Å². The van der Waals surface area contributed by atoms with Gasteiger partial charge in [0.15, 0.2) is 17.5 Å². The minimum Gasteiger partial charge on any atom is -0.208 e. The smallest absolute Gasteiger partial charge is 0.164 e. The molecule has 0 saturated carbocycles. The number of terminal acetylenes is 1. The number of benzene rings is 5. The molecule has 1 aromatic heterocycles. The predicted octanol–water partition coefficient (Wildman–Crippen LogP) is 9.16. The second kappa shape index (κ2) is 10.2. The van der Waals surface area contributed by atoms with Crippen molar-refractivity contribution in [2.24, 2.45) is 0 Å². The van der Waals surface area contributed by atoms with Gasteiger partial charge in [-0.1, -0.05) is 127 Å². The second-order valence-electron chi connectivity index (χ2n) is 11.2. The van der Waals surface area contributed by atoms with E-state index >= 15 is 0 Å². The third-order valence-electron chi connectivity index (χ3n) is 8.94. The fraction of sp³-hybridized carbons (Fsp3) is 0.0488. The predicted molar refractivity (Wildman–Crippen MR) is 178 cm³/mol. The zero-order chi connectivity index (χ0) is 29.7. The van der Waals surface area contributed by atoms with Crippen molar-refractivity contribution in [1.82, 2.24) is 15.0 Å². The molecule has 3 nitrogen and oxygen atoms in total. The molecule has 0 aliphatic heterocycles. The van der Waals surface area contributed by atoms with E-state index in [-0.39, 0.29) is 0 Å². The molecule has 0 amide bonds. The molecule has 0 N–H and O–H groups in total. The van der Waals surface area contributed by atoms with Crippen LogP contribution in [-0.4, -0.2) is 15.0 Å². The summed E-state index contributed by atoms with van der Waals surface area (Å²) in [5.74, 6) is 4.64. The van der Waals surface area contributed by atoms with E-state index in [0.717, 1.165) is 16.7 Å². The lowest BCUT2D eigenvalue weighted by atomic mass is 9.70. The van der Waals surface area contributed by atoms with Crippen molar-refractivity contribution in [3.63, 3.8) is 0 Å². The first kappa shape index (κ1) is 25.8. The highest BCUT2D eigenvalue weighted by molar-refractivity contribution is 5.97. The van der Waals surface area contributed by atoms with E-state index in [2.05, 4.69) is 85.7 Å². The molecule has 8 rings (SSSR count). The van der Waals surface area contributed by atoms with Crippen LogP contribution in [0.2, 0.25) is 0 Å². The molecule has 5 aromatic carbocycles. The molecule has 1 unspecified atom stereocenters. The van der Waals surface area contributed by atoms with Crippen molar-refractivity contribution in [2.45, 2.75) is 12.3 Å². The lowest BCUT2D eigenvalue weighted by Gasteiger charge is -2.31. The van der Waals surface area contributed by atoms with Gasteiger partial charge in [-0.3, -0.25) is 0 Å². The first-order chi connectivity index (χ1) is 21.7. The Morgan fingerprint density at radius 1 is 0.545 bits per heavy atom. The summed E-state index contributed by atoms with van der Waals surface area (Å²) in [6.45, 7) is 2.25. The van der Waals surface area contributed by atoms with Gasteiger partial charge < -0.3 is 0 Å². The van der Waals surface area contributed by atoms with E-state index in [4.69, 9.17) is 21.4 Å². The molecule has 2 aliphatic carbocycles. The Bertz CT molecular complexity index is 2130. The number of fused-ring (bicyclic) bond motifs is 7. The summed E-state index contributed by atoms with van der Waals surface area (Å²) in [4.78, 5) is 15.0. The van der Waals surface area contributed by atoms with Crippen LogP contribution >= 0.6 is 0 Å². The molecule has 2 aliphatic rings. The van der Waals surface area contributed by atoms with Crippen LogP contribution in [0.4, 0.5) is 0 Å². The van der Waals surface area contributed by atoms with Crippen LogP contribution in [0.15, 0.2) is 145 Å². The standard InChI is InChI=1S/C41H27N3/c1-3-4-19-31-27(2)41(35-22-13-11-20-32(31)35)36-23-14-12-21-33(36)34-25-24-30(26-37(34)41)40-43-38(28-15-7-5-8-16-28)42-39(44-40)29-17-9-6-10-18-29/h1,4-26H,2H3/b19-4-. The maximum Gasteiger partial charge on any atom is 0.164 e. The number of allylic oxidation sites excluding steroid dienone is 4. The number of hydrogen-bond donors (Lipinski definition) is 0. The van der Waals surface area contributed by atoms with Gasteiger partial charge in [0, 0.05) is 16.7 Å². The van der Waals surface area contributed by atoms with Crippen LogP contribution in [-0.2, 0) is 5.41 Å². The Hall–Kier alpha value is -5.85. The number of aromatic nitrogens is 3. The summed E-state index contributed by atoms with van der Waals surface area (Å²) < 4.78 is 0. The van der Waals surface area contributed by atoms with Crippen LogP contribution in [0.5, 0.6) is 0 Å². The van der Waals surface area contributed by atoms with E-state index in [1.807, 2.05) is 60.7 Å². The van der Waals surface area contributed by atoms with Crippen molar-refractivity contribution >= 4 is 5.57 Å². The molecule has 0 fully saturated rings. The first-order valence-electron chi connectivity index (χ1n) is 14.8. The lowest BCUT2D eigenvalue weighted by Crippen LogP contribution is -2.26. The topological polar surface area (TPSA) is 38.7 Å². The first-order valence-corrected chi connectivity index (χ1v) is 14.8. The molecule has 0 radical (unpaired) electrons. The van der Waals surface area contributed by atoms with Gasteiger partial charge in [-0.05, 0) is 69.7 Å². The van der Waals surface area contributed by atoms with Crippen LogP contribution in [0.1, 0.15) is 29.2 Å². The van der Waals surface area contributed by atoms with Gasteiger partial charge in [0.2, 0.25) is 0 Å². The fourth-order valence-electron chi connectivity index (χ4n) is 7.05. The van der Waals surface area contributed by atoms with Crippen molar-refractivity contribution < 1.29 is 0 Å². The average molecular weight is 562 g/mol. The van der Waals surface area contributed by atoms with Gasteiger partial charge in [-0.25, -0.2) is 15.0 Å². The third-order valence-corrected chi connectivity index (χ3v) is 8.94. The van der Waals surface area contributed by atoms with Gasteiger partial charge in [0.1, 0.15) is 0 Å². The molecule has 3 heteroatoms. The Morgan fingerprint density at radius 3 is 1.66 bits per heavy atom. The molecule has 1 heterocycles. The molecule has 0 bridgehead atoms. The third kappa shape index (κ3) is 3.75. The Labute approximate surface area is 257 Å². The monoisotopic (exact) mass is 561 g/mol. The number of hydrogen-bond acceptors (Lipinski definition) is 3. The molecular formula is C41H27N3. The summed E-state index contributed by atoms with van der Waals surface area (Å²) in [7, 11) is 0. The minimum atomic E-state index is -0.454. The zero-order valence-corrected chi connectivity index (χ0v) is 24.2. The molecule has 0 saturated heterocycles. The fourth-order valence-corrected chi connectivity index (χ4v) is 7.05. The van der Waals surface area contributed by atoms with E-state index in [1.54, 1.807) is 6.08 Å². The summed E-state index contributed by atoms with van der Waals surface area (Å²) in [5.41, 5.74) is 12.3. The van der Waals surface area contributed by atoms with E-state index in [1.165, 1.54) is 44.5 Å². The lowest BCUT2D eigenvalue weighted by molar-refractivity contribution is 0.766. The zero-order valence-electron chi connectivity index (χ0n) is 24.2. The SMILES string of the molecule is C#C/C=C\C1=C(C)C2(c3ccccc31)c1ccccc1-c1ccc(-c3nc(-c4ccccc4)nc(-c4ccccc4)n3)cc12. The van der Waals surface area contributed by atoms with Gasteiger partial charge >= 0.3 is 0 Å². The highest BCUT2D eigenvalue weighted by Gasteiger charge is 2.51. The van der Waals surface area contributed by atoms with Gasteiger partial charge in [-0.2, -0.15) is 0 Å². The Kier molecular flexibility index (Phi) is 5.96. The van der Waals surface area contributed by atoms with Gasteiger partial charge in [-0.15, -0.1) is 6.42 Å². The van der Waals surface area contributed by atoms with Gasteiger partial charge in [0.05, 0.1) is 5.41 Å². The molecule has 1 atom stereocenters. The molecule has 1 spiro atoms. The maximum atomic E-state index is 5.68. The van der Waals surface area contributed by atoms with Crippen LogP contribution in [0.25, 0.3) is 50.9 Å². The normalized spacial score (nSPS) is 16.2. The van der Waals surface area contributed by atoms with Crippen LogP contribution < -0.4 is 0 Å². The maximum absolute atomic E-state index is 5.68. The summed E-state index contributed by atoms with van der Waals surface area (Å²) >= 11 is 0. The number of rotatable bonds is 4. The largest absolute Gasteiger partial charge is 0.208 e. The molecule has 6 aromatic rings. The van der Waals surface area contributed by atoms with E-state index in [9.17, 15) is 0 Å². The quantitative estimate of drug-likeness (QED) is 0.201. The molecular weight excluding hydrogens is 534 g/mol. The molecule has 44 heavy (non-hydrogen) atoms. The van der Waals surface area contributed by atoms with Crippen molar-refractivity contribution in [2.75, 3.05) is 0 Å². The minimum absolute atomic E-state index is 0.454. The number of nitrogens with zero attached hydrogens (tertiary/aromatic N) is 3. The van der Waals surface area contributed by atoms with Crippen molar-refractivity contribution in [3.05, 3.63) is 167 Å². The van der Waals surface area contributed by atoms with Gasteiger partial charge in [0.25, 0.3) is 0 Å². The van der Waals surface area contributed by atoms with Crippen LogP contribution in [0, 0.1) is 12.3 Å². The van der Waals surface area contributed by atoms with Crippen molar-refractivity contribution in [1.29, 1.82) is 0 Å². The Balaban J connectivity index is 1.40. The van der Waals surface area contributed by atoms with Crippen molar-refractivity contribution in [3.8, 4) is 57.6 Å². The summed E-state index contributed by atoms with van der Waals surface area (Å²) in [6.07, 6.45) is 9.56.